The van der Waals surface area contributed by atoms with Crippen LogP contribution in [-0.4, -0.2) is 15.6 Å². The molecular weight excluding hydrogens is 328 g/mol. The van der Waals surface area contributed by atoms with Crippen molar-refractivity contribution in [3.05, 3.63) is 69.0 Å². The summed E-state index contributed by atoms with van der Waals surface area (Å²) >= 11 is 5.12. The first kappa shape index (κ1) is 15.0. The number of nitrogens with zero attached hydrogens (tertiary/aromatic N) is 2. The number of carbonyl (C=O) groups excluding carboxylic acids is 1. The Labute approximate surface area is 142 Å². The van der Waals surface area contributed by atoms with Gasteiger partial charge < -0.3 is 4.84 Å². The molecule has 1 heterocycles. The largest absolute Gasteiger partial charge is 0.339 e. The summed E-state index contributed by atoms with van der Waals surface area (Å²) in [7, 11) is 0. The highest BCUT2D eigenvalue weighted by Crippen LogP contribution is 2.74. The number of rotatable bonds is 4. The summed E-state index contributed by atoms with van der Waals surface area (Å²) in [5.74, 6) is -0.315. The number of hydrogen-bond acceptors (Lipinski definition) is 5. The Bertz CT molecular complexity index is 901. The lowest BCUT2D eigenvalue weighted by atomic mass is 9.33. The average Bonchev–Trinajstić information content (AvgIpc) is 2.47. The van der Waals surface area contributed by atoms with Crippen LogP contribution in [0.25, 0.3) is 0 Å². The van der Waals surface area contributed by atoms with E-state index < -0.39 is 5.41 Å². The third kappa shape index (κ3) is 2.01. The molecule has 3 fully saturated rings. The van der Waals surface area contributed by atoms with Crippen molar-refractivity contribution in [3.63, 3.8) is 0 Å². The van der Waals surface area contributed by atoms with Gasteiger partial charge in [-0.25, -0.2) is 4.79 Å². The van der Waals surface area contributed by atoms with Crippen LogP contribution >= 0.6 is 12.2 Å². The number of carbonyl (C=O) groups is 1. The number of aromatic nitrogens is 1. The van der Waals surface area contributed by atoms with Crippen molar-refractivity contribution in [1.82, 2.24) is 4.73 Å². The highest BCUT2D eigenvalue weighted by molar-refractivity contribution is 7.71. The molecule has 2 bridgehead atoms. The predicted molar refractivity (Wildman–Crippen MR) is 87.9 cm³/mol. The SMILES string of the molecule is O=C(On1ccccc1=S)C12CC(c3ccccc3[N+](=O)[O-])(C1)C2. The maximum Gasteiger partial charge on any atom is 0.339 e. The van der Waals surface area contributed by atoms with Gasteiger partial charge >= 0.3 is 5.97 Å². The van der Waals surface area contributed by atoms with Crippen molar-refractivity contribution < 1.29 is 14.6 Å². The Morgan fingerprint density at radius 3 is 2.50 bits per heavy atom. The number of benzene rings is 1. The van der Waals surface area contributed by atoms with Crippen molar-refractivity contribution in [2.45, 2.75) is 24.7 Å². The number of pyridine rings is 1. The van der Waals surface area contributed by atoms with E-state index in [1.165, 1.54) is 10.8 Å². The minimum absolute atomic E-state index is 0.129. The Morgan fingerprint density at radius 1 is 1.17 bits per heavy atom. The smallest absolute Gasteiger partial charge is 0.335 e. The van der Waals surface area contributed by atoms with Gasteiger partial charge in [-0.15, -0.1) is 0 Å². The lowest BCUT2D eigenvalue weighted by Crippen LogP contribution is -2.69. The van der Waals surface area contributed by atoms with Gasteiger partial charge in [0.05, 0.1) is 10.3 Å². The maximum atomic E-state index is 12.5. The molecule has 3 aliphatic rings. The normalized spacial score (nSPS) is 26.8. The van der Waals surface area contributed by atoms with E-state index in [9.17, 15) is 14.9 Å². The van der Waals surface area contributed by atoms with Crippen molar-refractivity contribution in [1.29, 1.82) is 0 Å². The van der Waals surface area contributed by atoms with Crippen LogP contribution in [-0.2, 0) is 10.2 Å². The highest BCUT2D eigenvalue weighted by Gasteiger charge is 2.74. The number of para-hydroxylation sites is 1. The standard InChI is InChI=1S/C17H14N2O4S/c20-15(23-18-8-4-3-7-14(18)24)17-9-16(10-17,11-17)12-5-1-2-6-13(12)19(21)22/h1-8H,9-11H2. The van der Waals surface area contributed by atoms with E-state index in [1.807, 2.05) is 0 Å². The molecule has 0 unspecified atom stereocenters. The molecule has 2 aromatic rings. The Hall–Kier alpha value is -2.54. The maximum absolute atomic E-state index is 12.5. The van der Waals surface area contributed by atoms with Gasteiger partial charge in [0.1, 0.15) is 4.64 Å². The molecule has 3 aliphatic carbocycles. The van der Waals surface area contributed by atoms with Gasteiger partial charge in [-0.1, -0.05) is 36.5 Å². The third-order valence-corrected chi connectivity index (χ3v) is 5.42. The Kier molecular flexibility index (Phi) is 3.11. The quantitative estimate of drug-likeness (QED) is 0.484. The fourth-order valence-electron chi connectivity index (χ4n) is 4.05. The van der Waals surface area contributed by atoms with Gasteiger partial charge in [-0.05, 0) is 31.4 Å². The van der Waals surface area contributed by atoms with E-state index in [4.69, 9.17) is 17.1 Å². The van der Waals surface area contributed by atoms with Gasteiger partial charge in [0, 0.05) is 23.2 Å². The zero-order valence-electron chi connectivity index (χ0n) is 12.7. The molecule has 7 heteroatoms. The van der Waals surface area contributed by atoms with Crippen LogP contribution in [0.3, 0.4) is 0 Å². The van der Waals surface area contributed by atoms with Crippen molar-refractivity contribution in [3.8, 4) is 0 Å². The van der Waals surface area contributed by atoms with Gasteiger partial charge in [0.15, 0.2) is 0 Å². The molecule has 0 N–H and O–H groups in total. The van der Waals surface area contributed by atoms with Crippen molar-refractivity contribution >= 4 is 23.9 Å². The molecule has 3 saturated carbocycles. The van der Waals surface area contributed by atoms with Crippen LogP contribution < -0.4 is 4.84 Å². The monoisotopic (exact) mass is 342 g/mol. The summed E-state index contributed by atoms with van der Waals surface area (Å²) < 4.78 is 1.71. The lowest BCUT2D eigenvalue weighted by Gasteiger charge is -2.68. The van der Waals surface area contributed by atoms with Crippen LogP contribution in [0, 0.1) is 20.2 Å². The predicted octanol–water partition coefficient (Wildman–Crippen LogP) is 3.20. The molecular formula is C17H14N2O4S. The fraction of sp³-hybridized carbons (Fsp3) is 0.294. The molecule has 0 saturated heterocycles. The van der Waals surface area contributed by atoms with Crippen LogP contribution in [0.4, 0.5) is 5.69 Å². The zero-order valence-corrected chi connectivity index (χ0v) is 13.5. The summed E-state index contributed by atoms with van der Waals surface area (Å²) in [5, 5.41) is 11.2. The van der Waals surface area contributed by atoms with Gasteiger partial charge in [0.2, 0.25) is 0 Å². The van der Waals surface area contributed by atoms with Crippen LogP contribution in [0.15, 0.2) is 48.7 Å². The second-order valence-electron chi connectivity index (χ2n) is 6.61. The molecule has 24 heavy (non-hydrogen) atoms. The number of nitro benzene ring substituents is 1. The second-order valence-corrected chi connectivity index (χ2v) is 7.03. The highest BCUT2D eigenvalue weighted by atomic mass is 32.1. The van der Waals surface area contributed by atoms with E-state index in [0.29, 0.717) is 23.9 Å². The summed E-state index contributed by atoms with van der Waals surface area (Å²) in [4.78, 5) is 28.7. The molecule has 122 valence electrons. The lowest BCUT2D eigenvalue weighted by molar-refractivity contribution is -0.387. The molecule has 0 radical (unpaired) electrons. The molecule has 1 aromatic heterocycles. The Balaban J connectivity index is 1.52. The molecule has 1 aromatic carbocycles. The van der Waals surface area contributed by atoms with E-state index in [1.54, 1.807) is 42.6 Å². The van der Waals surface area contributed by atoms with Crippen LogP contribution in [0.1, 0.15) is 24.8 Å². The molecule has 6 nitrogen and oxygen atoms in total. The van der Waals surface area contributed by atoms with Crippen molar-refractivity contribution in [2.24, 2.45) is 5.41 Å². The first-order valence-electron chi connectivity index (χ1n) is 7.60. The molecule has 0 aliphatic heterocycles. The Morgan fingerprint density at radius 2 is 1.83 bits per heavy atom. The molecule has 5 rings (SSSR count). The first-order chi connectivity index (χ1) is 11.5. The van der Waals surface area contributed by atoms with Gasteiger partial charge in [0.25, 0.3) is 5.69 Å². The van der Waals surface area contributed by atoms with E-state index in [0.717, 1.165) is 5.56 Å². The average molecular weight is 342 g/mol. The third-order valence-electron chi connectivity index (χ3n) is 5.11. The first-order valence-corrected chi connectivity index (χ1v) is 8.01. The van der Waals surface area contributed by atoms with E-state index >= 15 is 0 Å². The van der Waals surface area contributed by atoms with E-state index in [-0.39, 0.29) is 22.0 Å². The van der Waals surface area contributed by atoms with Crippen LogP contribution in [0.5, 0.6) is 0 Å². The zero-order chi connectivity index (χ0) is 16.9. The molecule has 0 atom stereocenters. The van der Waals surface area contributed by atoms with Gasteiger partial charge in [-0.2, -0.15) is 4.73 Å². The number of nitro groups is 1. The number of hydrogen-bond donors (Lipinski definition) is 0. The summed E-state index contributed by atoms with van der Waals surface area (Å²) in [6.45, 7) is 0. The van der Waals surface area contributed by atoms with Gasteiger partial charge in [-0.3, -0.25) is 10.1 Å². The molecule has 0 amide bonds. The van der Waals surface area contributed by atoms with Crippen molar-refractivity contribution in [2.75, 3.05) is 0 Å². The fourth-order valence-corrected chi connectivity index (χ4v) is 4.22. The minimum atomic E-state index is -0.533. The van der Waals surface area contributed by atoms with E-state index in [2.05, 4.69) is 0 Å². The molecule has 0 spiro atoms. The summed E-state index contributed by atoms with van der Waals surface area (Å²) in [6.07, 6.45) is 3.36. The topological polar surface area (TPSA) is 74.4 Å². The minimum Gasteiger partial charge on any atom is -0.335 e. The second kappa shape index (κ2) is 4.98. The van der Waals surface area contributed by atoms with Crippen LogP contribution in [0.2, 0.25) is 0 Å². The summed E-state index contributed by atoms with van der Waals surface area (Å²) in [5.41, 5.74) is 0.0558. The summed E-state index contributed by atoms with van der Waals surface area (Å²) in [6, 6.07) is 12.0.